The molecule has 1 aliphatic rings. The smallest absolute Gasteiger partial charge is 0.245 e. The molecule has 0 radical (unpaired) electrons. The molecular weight excluding hydrogens is 378 g/mol. The van der Waals surface area contributed by atoms with E-state index < -0.39 is 10.0 Å². The Labute approximate surface area is 159 Å². The van der Waals surface area contributed by atoms with Crippen molar-refractivity contribution in [3.8, 4) is 0 Å². The van der Waals surface area contributed by atoms with Crippen LogP contribution in [0.4, 0.5) is 0 Å². The van der Waals surface area contributed by atoms with Gasteiger partial charge in [-0.3, -0.25) is 4.79 Å². The zero-order valence-electron chi connectivity index (χ0n) is 14.6. The summed E-state index contributed by atoms with van der Waals surface area (Å²) in [7, 11) is -3.62. The van der Waals surface area contributed by atoms with Gasteiger partial charge in [-0.2, -0.15) is 4.31 Å². The van der Waals surface area contributed by atoms with Crippen molar-refractivity contribution in [2.75, 3.05) is 26.2 Å². The Morgan fingerprint density at radius 3 is 2.69 bits per heavy atom. The maximum Gasteiger partial charge on any atom is 0.245 e. The summed E-state index contributed by atoms with van der Waals surface area (Å²) in [4.78, 5) is 21.1. The number of aromatic amines is 1. The van der Waals surface area contributed by atoms with Crippen molar-refractivity contribution in [3.63, 3.8) is 0 Å². The minimum Gasteiger partial charge on any atom is -0.345 e. The molecule has 1 aliphatic heterocycles. The van der Waals surface area contributed by atoms with E-state index in [1.165, 1.54) is 10.5 Å². The molecule has 0 aliphatic carbocycles. The van der Waals surface area contributed by atoms with Crippen LogP contribution in [-0.4, -0.2) is 65.7 Å². The van der Waals surface area contributed by atoms with Gasteiger partial charge in [-0.1, -0.05) is 0 Å². The van der Waals surface area contributed by atoms with E-state index in [0.29, 0.717) is 50.1 Å². The zero-order valence-corrected chi connectivity index (χ0v) is 16.2. The maximum atomic E-state index is 12.9. The molecule has 3 heterocycles. The van der Waals surface area contributed by atoms with Crippen molar-refractivity contribution in [1.29, 1.82) is 0 Å². The Bertz CT molecular complexity index is 860. The van der Waals surface area contributed by atoms with E-state index >= 15 is 0 Å². The van der Waals surface area contributed by atoms with Crippen LogP contribution >= 0.6 is 12.4 Å². The molecule has 3 rings (SSSR count). The fourth-order valence-corrected chi connectivity index (χ4v) is 4.54. The molecule has 26 heavy (non-hydrogen) atoms. The van der Waals surface area contributed by atoms with Gasteiger partial charge in [0.05, 0.1) is 0 Å². The molecule has 2 aromatic heterocycles. The van der Waals surface area contributed by atoms with Gasteiger partial charge >= 0.3 is 0 Å². The predicted molar refractivity (Wildman–Crippen MR) is 102 cm³/mol. The third-order valence-electron chi connectivity index (χ3n) is 4.44. The Morgan fingerprint density at radius 1 is 1.35 bits per heavy atom. The Hall–Kier alpha value is -1.68. The largest absolute Gasteiger partial charge is 0.345 e. The second-order valence-electron chi connectivity index (χ2n) is 6.35. The molecule has 8 nitrogen and oxygen atoms in total. The minimum atomic E-state index is -3.62. The van der Waals surface area contributed by atoms with Crippen molar-refractivity contribution >= 4 is 39.4 Å². The van der Waals surface area contributed by atoms with Crippen LogP contribution in [0.5, 0.6) is 0 Å². The van der Waals surface area contributed by atoms with Crippen LogP contribution in [0.2, 0.25) is 0 Å². The molecule has 0 bridgehead atoms. The van der Waals surface area contributed by atoms with E-state index in [4.69, 9.17) is 5.73 Å². The number of carbonyl (C=O) groups excluding carboxylic acids is 1. The third kappa shape index (κ3) is 4.17. The number of pyridine rings is 1. The van der Waals surface area contributed by atoms with Gasteiger partial charge in [0, 0.05) is 56.4 Å². The summed E-state index contributed by atoms with van der Waals surface area (Å²) in [5.74, 6) is 0.0330. The van der Waals surface area contributed by atoms with Crippen LogP contribution in [0.25, 0.3) is 11.0 Å². The fraction of sp³-hybridized carbons (Fsp3) is 0.500. The van der Waals surface area contributed by atoms with Gasteiger partial charge in [-0.15, -0.1) is 12.4 Å². The van der Waals surface area contributed by atoms with Crippen LogP contribution < -0.4 is 5.73 Å². The van der Waals surface area contributed by atoms with Crippen LogP contribution in [0.1, 0.15) is 19.8 Å². The summed E-state index contributed by atoms with van der Waals surface area (Å²) in [5.41, 5.74) is 6.23. The number of H-pyrrole nitrogens is 1. The number of carbonyl (C=O) groups is 1. The molecule has 1 saturated heterocycles. The first-order chi connectivity index (χ1) is 11.9. The Morgan fingerprint density at radius 2 is 2.04 bits per heavy atom. The first kappa shape index (κ1) is 20.6. The second kappa shape index (κ2) is 8.34. The standard InChI is InChI=1S/C16H23N5O3S.ClH/c1-12(17)4-5-15(22)20-7-9-21(10-8-20)25(23,24)14-11-19-16-13(14)3-2-6-18-16;/h2-3,6,11-12H,4-5,7-10,17H2,1H3,(H,18,19);1H. The van der Waals surface area contributed by atoms with Crippen molar-refractivity contribution in [2.45, 2.75) is 30.7 Å². The van der Waals surface area contributed by atoms with Crippen molar-refractivity contribution in [1.82, 2.24) is 19.2 Å². The average Bonchev–Trinajstić information content (AvgIpc) is 3.04. The minimum absolute atomic E-state index is 0. The number of fused-ring (bicyclic) bond motifs is 1. The van der Waals surface area contributed by atoms with Gasteiger partial charge in [0.15, 0.2) is 0 Å². The lowest BCUT2D eigenvalue weighted by Crippen LogP contribution is -2.50. The lowest BCUT2D eigenvalue weighted by Gasteiger charge is -2.34. The molecule has 1 unspecified atom stereocenters. The molecule has 3 N–H and O–H groups in total. The number of sulfonamides is 1. The highest BCUT2D eigenvalue weighted by Crippen LogP contribution is 2.25. The van der Waals surface area contributed by atoms with Crippen molar-refractivity contribution < 1.29 is 13.2 Å². The number of hydrogen-bond acceptors (Lipinski definition) is 5. The highest BCUT2D eigenvalue weighted by Gasteiger charge is 2.31. The Kier molecular flexibility index (Phi) is 6.62. The topological polar surface area (TPSA) is 112 Å². The summed E-state index contributed by atoms with van der Waals surface area (Å²) in [6.45, 7) is 3.25. The maximum absolute atomic E-state index is 12.9. The van der Waals surface area contributed by atoms with E-state index in [1.807, 2.05) is 6.92 Å². The molecule has 144 valence electrons. The van der Waals surface area contributed by atoms with E-state index in [0.717, 1.165) is 0 Å². The summed E-state index contributed by atoms with van der Waals surface area (Å²) >= 11 is 0. The van der Waals surface area contributed by atoms with Gasteiger partial charge in [0.2, 0.25) is 15.9 Å². The van der Waals surface area contributed by atoms with Crippen LogP contribution in [0.15, 0.2) is 29.4 Å². The van der Waals surface area contributed by atoms with E-state index in [9.17, 15) is 13.2 Å². The van der Waals surface area contributed by atoms with Gasteiger partial charge in [0.1, 0.15) is 10.5 Å². The highest BCUT2D eigenvalue weighted by atomic mass is 35.5. The molecular formula is C16H24ClN5O3S. The summed E-state index contributed by atoms with van der Waals surface area (Å²) in [5, 5.41) is 0.581. The van der Waals surface area contributed by atoms with Crippen molar-refractivity contribution in [3.05, 3.63) is 24.5 Å². The number of nitrogens with one attached hydrogen (secondary N) is 1. The first-order valence-electron chi connectivity index (χ1n) is 8.35. The number of halogens is 1. The second-order valence-corrected chi connectivity index (χ2v) is 8.26. The fourth-order valence-electron chi connectivity index (χ4n) is 2.97. The lowest BCUT2D eigenvalue weighted by atomic mass is 10.2. The van der Waals surface area contributed by atoms with Crippen LogP contribution in [0, 0.1) is 0 Å². The average molecular weight is 402 g/mol. The summed E-state index contributed by atoms with van der Waals surface area (Å²) in [6, 6.07) is 3.44. The van der Waals surface area contributed by atoms with E-state index in [1.54, 1.807) is 23.2 Å². The highest BCUT2D eigenvalue weighted by molar-refractivity contribution is 7.89. The number of rotatable bonds is 5. The molecule has 0 spiro atoms. The van der Waals surface area contributed by atoms with E-state index in [-0.39, 0.29) is 29.3 Å². The zero-order chi connectivity index (χ0) is 18.0. The Balaban J connectivity index is 0.00000243. The predicted octanol–water partition coefficient (Wildman–Crippen LogP) is 0.945. The normalized spacial score (nSPS) is 17.1. The van der Waals surface area contributed by atoms with Gasteiger partial charge < -0.3 is 15.6 Å². The summed E-state index contributed by atoms with van der Waals surface area (Å²) in [6.07, 6.45) is 4.13. The first-order valence-corrected chi connectivity index (χ1v) is 9.79. The van der Waals surface area contributed by atoms with Gasteiger partial charge in [0.25, 0.3) is 0 Å². The van der Waals surface area contributed by atoms with E-state index in [2.05, 4.69) is 9.97 Å². The monoisotopic (exact) mass is 401 g/mol. The van der Waals surface area contributed by atoms with Crippen LogP contribution in [-0.2, 0) is 14.8 Å². The van der Waals surface area contributed by atoms with Crippen LogP contribution in [0.3, 0.4) is 0 Å². The quantitative estimate of drug-likeness (QED) is 0.774. The molecule has 1 fully saturated rings. The molecule has 1 amide bonds. The molecule has 0 saturated carbocycles. The summed E-state index contributed by atoms with van der Waals surface area (Å²) < 4.78 is 27.3. The van der Waals surface area contributed by atoms with Crippen molar-refractivity contribution in [2.24, 2.45) is 5.73 Å². The number of hydrogen-bond donors (Lipinski definition) is 2. The molecule has 10 heteroatoms. The molecule has 2 aromatic rings. The number of aromatic nitrogens is 2. The van der Waals surface area contributed by atoms with Gasteiger partial charge in [-0.05, 0) is 25.5 Å². The van der Waals surface area contributed by atoms with Gasteiger partial charge in [-0.25, -0.2) is 13.4 Å². The number of amides is 1. The number of nitrogens with two attached hydrogens (primary N) is 1. The lowest BCUT2D eigenvalue weighted by molar-refractivity contribution is -0.132. The molecule has 0 aromatic carbocycles. The number of piperazine rings is 1. The third-order valence-corrected chi connectivity index (χ3v) is 6.37. The SMILES string of the molecule is CC(N)CCC(=O)N1CCN(S(=O)(=O)c2c[nH]c3ncccc23)CC1.Cl. The molecule has 1 atom stereocenters. The number of nitrogens with zero attached hydrogens (tertiary/aromatic N) is 3.